The van der Waals surface area contributed by atoms with Crippen molar-refractivity contribution in [2.75, 3.05) is 26.7 Å². The highest BCUT2D eigenvalue weighted by Crippen LogP contribution is 2.23. The SMILES string of the molecule is CC1CCC(NCCN(C)CCc2ccccn2)CC1. The molecule has 1 aliphatic rings. The van der Waals surface area contributed by atoms with Crippen LogP contribution in [-0.4, -0.2) is 42.6 Å². The van der Waals surface area contributed by atoms with Crippen LogP contribution in [0.15, 0.2) is 24.4 Å². The van der Waals surface area contributed by atoms with Crippen molar-refractivity contribution in [2.24, 2.45) is 5.92 Å². The molecule has 20 heavy (non-hydrogen) atoms. The topological polar surface area (TPSA) is 28.2 Å². The zero-order valence-corrected chi connectivity index (χ0v) is 13.0. The first-order valence-corrected chi connectivity index (χ1v) is 8.06. The summed E-state index contributed by atoms with van der Waals surface area (Å²) < 4.78 is 0. The van der Waals surface area contributed by atoms with Crippen molar-refractivity contribution < 1.29 is 0 Å². The molecule has 0 unspecified atom stereocenters. The molecule has 1 heterocycles. The first kappa shape index (κ1) is 15.5. The molecule has 3 heteroatoms. The predicted octanol–water partition coefficient (Wildman–Crippen LogP) is 2.72. The van der Waals surface area contributed by atoms with Crippen molar-refractivity contribution >= 4 is 0 Å². The number of nitrogens with zero attached hydrogens (tertiary/aromatic N) is 2. The minimum atomic E-state index is 0.760. The van der Waals surface area contributed by atoms with Crippen molar-refractivity contribution in [2.45, 2.75) is 45.1 Å². The number of pyridine rings is 1. The molecule has 1 saturated carbocycles. The molecule has 112 valence electrons. The Morgan fingerprint density at radius 1 is 1.20 bits per heavy atom. The molecule has 0 aromatic carbocycles. The fourth-order valence-electron chi connectivity index (χ4n) is 2.89. The van der Waals surface area contributed by atoms with Crippen LogP contribution in [0.5, 0.6) is 0 Å². The third kappa shape index (κ3) is 5.59. The molecule has 1 N–H and O–H groups in total. The molecule has 0 amide bonds. The van der Waals surface area contributed by atoms with Crippen LogP contribution in [0.4, 0.5) is 0 Å². The minimum Gasteiger partial charge on any atom is -0.313 e. The summed E-state index contributed by atoms with van der Waals surface area (Å²) in [6, 6.07) is 6.90. The lowest BCUT2D eigenvalue weighted by atomic mass is 9.87. The average Bonchev–Trinajstić information content (AvgIpc) is 2.48. The van der Waals surface area contributed by atoms with Gasteiger partial charge in [0, 0.05) is 44.0 Å². The molecule has 0 saturated heterocycles. The van der Waals surface area contributed by atoms with Gasteiger partial charge in [-0.3, -0.25) is 4.98 Å². The minimum absolute atomic E-state index is 0.760. The van der Waals surface area contributed by atoms with E-state index >= 15 is 0 Å². The van der Waals surface area contributed by atoms with Gasteiger partial charge in [0.2, 0.25) is 0 Å². The fraction of sp³-hybridized carbons (Fsp3) is 0.706. The highest BCUT2D eigenvalue weighted by atomic mass is 15.1. The third-order valence-electron chi connectivity index (χ3n) is 4.42. The van der Waals surface area contributed by atoms with Crippen LogP contribution in [0.25, 0.3) is 0 Å². The monoisotopic (exact) mass is 275 g/mol. The van der Waals surface area contributed by atoms with Crippen molar-refractivity contribution in [3.63, 3.8) is 0 Å². The van der Waals surface area contributed by atoms with Gasteiger partial charge in [-0.05, 0) is 50.8 Å². The molecule has 0 atom stereocenters. The van der Waals surface area contributed by atoms with Gasteiger partial charge in [-0.1, -0.05) is 13.0 Å². The average molecular weight is 275 g/mol. The molecule has 1 aliphatic carbocycles. The maximum atomic E-state index is 4.37. The van der Waals surface area contributed by atoms with E-state index in [4.69, 9.17) is 0 Å². The smallest absolute Gasteiger partial charge is 0.0416 e. The van der Waals surface area contributed by atoms with Crippen LogP contribution in [-0.2, 0) is 6.42 Å². The van der Waals surface area contributed by atoms with Crippen LogP contribution in [0, 0.1) is 5.92 Å². The first-order chi connectivity index (χ1) is 9.74. The van der Waals surface area contributed by atoms with E-state index in [1.807, 2.05) is 12.3 Å². The molecule has 3 nitrogen and oxygen atoms in total. The molecule has 0 spiro atoms. The molecule has 1 aromatic heterocycles. The van der Waals surface area contributed by atoms with Crippen molar-refractivity contribution in [1.82, 2.24) is 15.2 Å². The van der Waals surface area contributed by atoms with Gasteiger partial charge in [-0.2, -0.15) is 0 Å². The molecule has 0 aliphatic heterocycles. The molecule has 2 rings (SSSR count). The van der Waals surface area contributed by atoms with E-state index in [9.17, 15) is 0 Å². The van der Waals surface area contributed by atoms with Gasteiger partial charge >= 0.3 is 0 Å². The number of hydrogen-bond acceptors (Lipinski definition) is 3. The summed E-state index contributed by atoms with van der Waals surface area (Å²) in [4.78, 5) is 6.77. The zero-order chi connectivity index (χ0) is 14.2. The summed E-state index contributed by atoms with van der Waals surface area (Å²) in [5.41, 5.74) is 1.19. The lowest BCUT2D eigenvalue weighted by molar-refractivity contribution is 0.283. The van der Waals surface area contributed by atoms with Gasteiger partial charge < -0.3 is 10.2 Å². The Kier molecular flexibility index (Phi) is 6.48. The Labute approximate surface area is 123 Å². The summed E-state index contributed by atoms with van der Waals surface area (Å²) in [5.74, 6) is 0.939. The number of nitrogens with one attached hydrogen (secondary N) is 1. The molecule has 1 fully saturated rings. The predicted molar refractivity (Wildman–Crippen MR) is 84.9 cm³/mol. The molecule has 0 bridgehead atoms. The summed E-state index contributed by atoms with van der Waals surface area (Å²) >= 11 is 0. The maximum Gasteiger partial charge on any atom is 0.0416 e. The molecule has 1 aromatic rings. The van der Waals surface area contributed by atoms with E-state index in [1.165, 1.54) is 31.4 Å². The lowest BCUT2D eigenvalue weighted by Gasteiger charge is -2.28. The summed E-state index contributed by atoms with van der Waals surface area (Å²) in [6.45, 7) is 5.69. The van der Waals surface area contributed by atoms with Gasteiger partial charge in [-0.25, -0.2) is 0 Å². The Balaban J connectivity index is 1.55. The van der Waals surface area contributed by atoms with Crippen molar-refractivity contribution in [1.29, 1.82) is 0 Å². The van der Waals surface area contributed by atoms with E-state index in [0.717, 1.165) is 38.0 Å². The van der Waals surface area contributed by atoms with Gasteiger partial charge in [0.25, 0.3) is 0 Å². The Bertz CT molecular complexity index is 358. The maximum absolute atomic E-state index is 4.37. The second kappa shape index (κ2) is 8.38. The normalized spacial score (nSPS) is 23.1. The summed E-state index contributed by atoms with van der Waals surface area (Å²) in [6.07, 6.45) is 8.43. The van der Waals surface area contributed by atoms with Crippen molar-refractivity contribution in [3.05, 3.63) is 30.1 Å². The van der Waals surface area contributed by atoms with E-state index in [2.05, 4.69) is 41.3 Å². The number of hydrogen-bond donors (Lipinski definition) is 1. The van der Waals surface area contributed by atoms with Gasteiger partial charge in [0.15, 0.2) is 0 Å². The molecular weight excluding hydrogens is 246 g/mol. The highest BCUT2D eigenvalue weighted by molar-refractivity contribution is 5.03. The molecule has 0 radical (unpaired) electrons. The second-order valence-electron chi connectivity index (χ2n) is 6.29. The van der Waals surface area contributed by atoms with E-state index in [1.54, 1.807) is 0 Å². The van der Waals surface area contributed by atoms with Crippen molar-refractivity contribution in [3.8, 4) is 0 Å². The standard InChI is InChI=1S/C17H29N3/c1-15-6-8-17(9-7-15)19-12-14-20(2)13-10-16-5-3-4-11-18-16/h3-5,11,15,17,19H,6-10,12-14H2,1-2H3. The number of likely N-dealkylation sites (N-methyl/N-ethyl adjacent to an activating group) is 1. The zero-order valence-electron chi connectivity index (χ0n) is 13.0. The van der Waals surface area contributed by atoms with Crippen LogP contribution >= 0.6 is 0 Å². The van der Waals surface area contributed by atoms with E-state index in [-0.39, 0.29) is 0 Å². The van der Waals surface area contributed by atoms with Gasteiger partial charge in [0.05, 0.1) is 0 Å². The van der Waals surface area contributed by atoms with Gasteiger partial charge in [0.1, 0.15) is 0 Å². The van der Waals surface area contributed by atoms with E-state index < -0.39 is 0 Å². The Morgan fingerprint density at radius 3 is 2.70 bits per heavy atom. The quantitative estimate of drug-likeness (QED) is 0.829. The van der Waals surface area contributed by atoms with Crippen LogP contribution < -0.4 is 5.32 Å². The Morgan fingerprint density at radius 2 is 2.00 bits per heavy atom. The van der Waals surface area contributed by atoms with E-state index in [0.29, 0.717) is 0 Å². The number of aromatic nitrogens is 1. The second-order valence-corrected chi connectivity index (χ2v) is 6.29. The highest BCUT2D eigenvalue weighted by Gasteiger charge is 2.17. The number of rotatable bonds is 7. The van der Waals surface area contributed by atoms with Crippen LogP contribution in [0.2, 0.25) is 0 Å². The molecular formula is C17H29N3. The first-order valence-electron chi connectivity index (χ1n) is 8.06. The van der Waals surface area contributed by atoms with Crippen LogP contribution in [0.1, 0.15) is 38.3 Å². The van der Waals surface area contributed by atoms with Gasteiger partial charge in [-0.15, -0.1) is 0 Å². The summed E-state index contributed by atoms with van der Waals surface area (Å²) in [7, 11) is 2.20. The van der Waals surface area contributed by atoms with Crippen LogP contribution in [0.3, 0.4) is 0 Å². The lowest BCUT2D eigenvalue weighted by Crippen LogP contribution is -2.38. The summed E-state index contributed by atoms with van der Waals surface area (Å²) in [5, 5.41) is 3.71. The Hall–Kier alpha value is -0.930. The largest absolute Gasteiger partial charge is 0.313 e. The fourth-order valence-corrected chi connectivity index (χ4v) is 2.89. The third-order valence-corrected chi connectivity index (χ3v) is 4.42.